The van der Waals surface area contributed by atoms with Crippen LogP contribution in [0.25, 0.3) is 55.6 Å². The third-order valence-corrected chi connectivity index (χ3v) is 11.9. The maximum absolute atomic E-state index is 6.31. The average Bonchev–Trinajstić information content (AvgIpc) is 3.37. The van der Waals surface area contributed by atoms with Gasteiger partial charge in [-0.1, -0.05) is 170 Å². The lowest BCUT2D eigenvalue weighted by Gasteiger charge is -2.33. The van der Waals surface area contributed by atoms with Crippen LogP contribution in [0.5, 0.6) is 11.5 Å². The van der Waals surface area contributed by atoms with Gasteiger partial charge < -0.3 is 14.5 Å². The minimum atomic E-state index is 0.841. The van der Waals surface area contributed by atoms with E-state index >= 15 is 0 Å². The van der Waals surface area contributed by atoms with E-state index in [1.165, 1.54) is 44.5 Å². The van der Waals surface area contributed by atoms with Gasteiger partial charge >= 0.3 is 0 Å². The van der Waals surface area contributed by atoms with Gasteiger partial charge in [0.05, 0.1) is 11.4 Å². The molecule has 1 heterocycles. The number of rotatable bonds is 9. The van der Waals surface area contributed by atoms with Crippen LogP contribution in [0.4, 0.5) is 34.1 Å². The molecular formula is C60H42N2O. The first-order chi connectivity index (χ1) is 31.2. The summed E-state index contributed by atoms with van der Waals surface area (Å²) >= 11 is 0. The van der Waals surface area contributed by atoms with Crippen molar-refractivity contribution in [1.29, 1.82) is 0 Å². The summed E-state index contributed by atoms with van der Waals surface area (Å²) in [6, 6.07) is 90.7. The predicted octanol–water partition coefficient (Wildman–Crippen LogP) is 17.1. The van der Waals surface area contributed by atoms with E-state index in [0.717, 1.165) is 56.8 Å². The topological polar surface area (TPSA) is 15.7 Å². The van der Waals surface area contributed by atoms with Gasteiger partial charge in [0.25, 0.3) is 0 Å². The fraction of sp³-hybridized carbons (Fsp3) is 0. The normalized spacial score (nSPS) is 11.6. The van der Waals surface area contributed by atoms with E-state index in [4.69, 9.17) is 4.74 Å². The molecule has 0 bridgehead atoms. The van der Waals surface area contributed by atoms with Crippen LogP contribution in [-0.2, 0) is 0 Å². The lowest BCUT2D eigenvalue weighted by molar-refractivity contribution is 0.477. The Morgan fingerprint density at radius 3 is 0.984 bits per heavy atom. The van der Waals surface area contributed by atoms with Gasteiger partial charge in [-0.3, -0.25) is 0 Å². The number of hydrogen-bond donors (Lipinski definition) is 0. The molecule has 3 heteroatoms. The summed E-state index contributed by atoms with van der Waals surface area (Å²) in [4.78, 5) is 4.63. The summed E-state index contributed by atoms with van der Waals surface area (Å²) in [6.45, 7) is 0. The smallest absolute Gasteiger partial charge is 0.151 e. The molecular weight excluding hydrogens is 765 g/mol. The standard InChI is InChI=1S/C60H42N2O/c1-3-14-43(15-4-1)48-18-11-20-50(40-48)45-28-34-53(35-29-45)61(54-36-30-46(31-37-54)51-21-12-19-49(41-51)44-16-5-2-6-17-44)55-38-32-47(33-39-55)52-22-13-23-56(42-52)62-57-24-7-9-26-59(57)63-60-27-10-8-25-58(60)62/h1-42H. The van der Waals surface area contributed by atoms with Gasteiger partial charge in [-0.2, -0.15) is 0 Å². The molecule has 63 heavy (non-hydrogen) atoms. The van der Waals surface area contributed by atoms with Gasteiger partial charge in [0.15, 0.2) is 11.5 Å². The Morgan fingerprint density at radius 2 is 0.571 bits per heavy atom. The highest BCUT2D eigenvalue weighted by Gasteiger charge is 2.25. The van der Waals surface area contributed by atoms with Gasteiger partial charge in [0.2, 0.25) is 0 Å². The van der Waals surface area contributed by atoms with Crippen LogP contribution >= 0.6 is 0 Å². The van der Waals surface area contributed by atoms with Crippen LogP contribution in [0.15, 0.2) is 255 Å². The van der Waals surface area contributed by atoms with E-state index < -0.39 is 0 Å². The summed E-state index contributed by atoms with van der Waals surface area (Å²) in [5, 5.41) is 0. The van der Waals surface area contributed by atoms with Gasteiger partial charge in [-0.05, 0) is 141 Å². The quantitative estimate of drug-likeness (QED) is 0.144. The fourth-order valence-corrected chi connectivity index (χ4v) is 8.68. The molecule has 0 unspecified atom stereocenters. The van der Waals surface area contributed by atoms with Gasteiger partial charge in [0, 0.05) is 22.7 Å². The number of ether oxygens (including phenoxy) is 1. The monoisotopic (exact) mass is 806 g/mol. The maximum atomic E-state index is 6.31. The molecule has 11 rings (SSSR count). The molecule has 0 amide bonds. The second-order valence-electron chi connectivity index (χ2n) is 15.8. The molecule has 0 saturated heterocycles. The molecule has 1 aliphatic rings. The zero-order valence-electron chi connectivity index (χ0n) is 34.6. The molecule has 3 nitrogen and oxygen atoms in total. The SMILES string of the molecule is c1ccc(-c2cccc(-c3ccc(N(c4ccc(-c5cccc(-c6ccccc6)c5)cc4)c4ccc(-c5cccc(N6c7ccccc7Oc7ccccc76)c5)cc4)cc3)c2)cc1. The first kappa shape index (κ1) is 37.6. The van der Waals surface area contributed by atoms with Crippen LogP contribution in [0.3, 0.4) is 0 Å². The third-order valence-electron chi connectivity index (χ3n) is 11.9. The predicted molar refractivity (Wildman–Crippen MR) is 263 cm³/mol. The molecule has 0 atom stereocenters. The highest BCUT2D eigenvalue weighted by molar-refractivity contribution is 5.88. The largest absolute Gasteiger partial charge is 0.453 e. The van der Waals surface area contributed by atoms with Crippen LogP contribution in [-0.4, -0.2) is 0 Å². The second kappa shape index (κ2) is 16.6. The first-order valence-corrected chi connectivity index (χ1v) is 21.4. The van der Waals surface area contributed by atoms with Crippen molar-refractivity contribution in [3.05, 3.63) is 255 Å². The van der Waals surface area contributed by atoms with Crippen molar-refractivity contribution in [1.82, 2.24) is 0 Å². The average molecular weight is 807 g/mol. The van der Waals surface area contributed by atoms with Gasteiger partial charge in [-0.25, -0.2) is 0 Å². The minimum absolute atomic E-state index is 0.841. The molecule has 1 aliphatic heterocycles. The molecule has 298 valence electrons. The number of para-hydroxylation sites is 4. The lowest BCUT2D eigenvalue weighted by atomic mass is 9.98. The fourth-order valence-electron chi connectivity index (χ4n) is 8.68. The van der Waals surface area contributed by atoms with E-state index in [2.05, 4.69) is 240 Å². The molecule has 0 spiro atoms. The molecule has 0 fully saturated rings. The van der Waals surface area contributed by atoms with Crippen LogP contribution in [0.1, 0.15) is 0 Å². The molecule has 10 aromatic rings. The Balaban J connectivity index is 0.940. The van der Waals surface area contributed by atoms with E-state index in [-0.39, 0.29) is 0 Å². The number of nitrogens with zero attached hydrogens (tertiary/aromatic N) is 2. The Kier molecular flexibility index (Phi) is 9.89. The Bertz CT molecular complexity index is 3010. The van der Waals surface area contributed by atoms with Crippen molar-refractivity contribution in [3.63, 3.8) is 0 Å². The van der Waals surface area contributed by atoms with Crippen molar-refractivity contribution in [2.75, 3.05) is 9.80 Å². The second-order valence-corrected chi connectivity index (χ2v) is 15.8. The lowest BCUT2D eigenvalue weighted by Crippen LogP contribution is -2.15. The number of anilines is 6. The van der Waals surface area contributed by atoms with Crippen molar-refractivity contribution < 1.29 is 4.74 Å². The Morgan fingerprint density at radius 1 is 0.254 bits per heavy atom. The summed E-state index contributed by atoms with van der Waals surface area (Å²) in [6.07, 6.45) is 0. The van der Waals surface area contributed by atoms with Crippen LogP contribution in [0.2, 0.25) is 0 Å². The van der Waals surface area contributed by atoms with E-state index in [1.54, 1.807) is 0 Å². The zero-order chi connectivity index (χ0) is 42.0. The molecule has 10 aromatic carbocycles. The van der Waals surface area contributed by atoms with E-state index in [1.807, 2.05) is 24.3 Å². The third kappa shape index (κ3) is 7.54. The summed E-state index contributed by atoms with van der Waals surface area (Å²) in [5.41, 5.74) is 18.2. The first-order valence-electron chi connectivity index (χ1n) is 21.4. The molecule has 0 N–H and O–H groups in total. The molecule has 0 aliphatic carbocycles. The van der Waals surface area contributed by atoms with Crippen molar-refractivity contribution in [2.45, 2.75) is 0 Å². The Labute approximate surface area is 369 Å². The van der Waals surface area contributed by atoms with Crippen molar-refractivity contribution in [2.24, 2.45) is 0 Å². The number of hydrogen-bond acceptors (Lipinski definition) is 3. The van der Waals surface area contributed by atoms with Crippen molar-refractivity contribution in [3.8, 4) is 67.1 Å². The highest BCUT2D eigenvalue weighted by Crippen LogP contribution is 2.50. The summed E-state index contributed by atoms with van der Waals surface area (Å²) in [5.74, 6) is 1.68. The summed E-state index contributed by atoms with van der Waals surface area (Å²) < 4.78 is 6.31. The molecule has 0 saturated carbocycles. The van der Waals surface area contributed by atoms with E-state index in [9.17, 15) is 0 Å². The maximum Gasteiger partial charge on any atom is 0.151 e. The van der Waals surface area contributed by atoms with E-state index in [0.29, 0.717) is 0 Å². The minimum Gasteiger partial charge on any atom is -0.453 e. The number of fused-ring (bicyclic) bond motifs is 2. The van der Waals surface area contributed by atoms with Crippen LogP contribution < -0.4 is 14.5 Å². The summed E-state index contributed by atoms with van der Waals surface area (Å²) in [7, 11) is 0. The van der Waals surface area contributed by atoms with Gasteiger partial charge in [-0.15, -0.1) is 0 Å². The van der Waals surface area contributed by atoms with Crippen LogP contribution in [0, 0.1) is 0 Å². The van der Waals surface area contributed by atoms with Gasteiger partial charge in [0.1, 0.15) is 0 Å². The zero-order valence-corrected chi connectivity index (χ0v) is 34.6. The van der Waals surface area contributed by atoms with Crippen molar-refractivity contribution >= 4 is 34.1 Å². The number of benzene rings is 10. The molecule has 0 radical (unpaired) electrons. The highest BCUT2D eigenvalue weighted by atomic mass is 16.5. The molecule has 0 aromatic heterocycles. The Hall–Kier alpha value is -8.40.